The number of aryl methyl sites for hydroxylation is 1. The Kier molecular flexibility index (Phi) is 9.80. The Hall–Kier alpha value is -3.67. The van der Waals surface area contributed by atoms with Gasteiger partial charge in [-0.05, 0) is 67.8 Å². The molecule has 0 fully saturated rings. The number of β-amino-alcohol motifs (C(OH)–C–C–N with tert-alkyl or cyclic N) is 1. The first-order chi connectivity index (χ1) is 16.3. The average molecular weight is 485 g/mol. The van der Waals surface area contributed by atoms with Gasteiger partial charge in [0.15, 0.2) is 0 Å². The van der Waals surface area contributed by atoms with Crippen LogP contribution in [0.5, 0.6) is 0 Å². The number of benzene rings is 1. The van der Waals surface area contributed by atoms with Crippen molar-refractivity contribution in [3.05, 3.63) is 63.4 Å². The van der Waals surface area contributed by atoms with Gasteiger partial charge in [0.25, 0.3) is 18.3 Å². The first-order valence-corrected chi connectivity index (χ1v) is 10.9. The quantitative estimate of drug-likeness (QED) is 0.272. The van der Waals surface area contributed by atoms with E-state index in [0.29, 0.717) is 29.6 Å². The van der Waals surface area contributed by atoms with Gasteiger partial charge in [-0.2, -0.15) is 5.26 Å². The third kappa shape index (κ3) is 6.22. The molecule has 34 heavy (non-hydrogen) atoms. The number of amides is 2. The number of aliphatic hydroxyl groups is 1. The van der Waals surface area contributed by atoms with E-state index in [1.54, 1.807) is 25.1 Å². The van der Waals surface area contributed by atoms with Crippen molar-refractivity contribution in [2.75, 3.05) is 19.8 Å². The number of ether oxygens (including phenoxy) is 1. The van der Waals surface area contributed by atoms with Crippen LogP contribution >= 0.6 is 11.6 Å². The maximum Gasteiger partial charge on any atom is 0.293 e. The molecule has 1 aromatic carbocycles. The largest absolute Gasteiger partial charge is 0.468 e. The standard InChI is InChI=1S/C21H17ClN2O4.C4H8O2/c1-12-9-14(3-5-18(12)22)19-6-4-15(28-19)10-16-13(2)17(11-23)21(27)24(7-8-25)20(16)26;1-2-3-6-4-5/h3-6,9-10,25H,7-8H2,1-2H3;4H,2-3H2,1H3/b16-10-;. The van der Waals surface area contributed by atoms with Gasteiger partial charge in [-0.25, -0.2) is 0 Å². The molecule has 0 radical (unpaired) electrons. The Balaban J connectivity index is 0.000000604. The van der Waals surface area contributed by atoms with Crippen molar-refractivity contribution in [3.8, 4) is 17.4 Å². The molecular formula is C25H25ClN2O6. The highest BCUT2D eigenvalue weighted by atomic mass is 35.5. The van der Waals surface area contributed by atoms with E-state index < -0.39 is 11.8 Å². The Morgan fingerprint density at radius 2 is 1.94 bits per heavy atom. The predicted molar refractivity (Wildman–Crippen MR) is 126 cm³/mol. The number of nitriles is 1. The van der Waals surface area contributed by atoms with E-state index in [9.17, 15) is 19.6 Å². The number of imide groups is 1. The first-order valence-electron chi connectivity index (χ1n) is 10.5. The van der Waals surface area contributed by atoms with Crippen molar-refractivity contribution in [2.45, 2.75) is 27.2 Å². The molecule has 2 aromatic rings. The minimum absolute atomic E-state index is 0.126. The molecule has 9 heteroatoms. The molecule has 3 rings (SSSR count). The second-order valence-corrected chi connectivity index (χ2v) is 7.70. The summed E-state index contributed by atoms with van der Waals surface area (Å²) in [7, 11) is 0. The van der Waals surface area contributed by atoms with Crippen molar-refractivity contribution in [2.24, 2.45) is 0 Å². The number of halogens is 1. The lowest BCUT2D eigenvalue weighted by atomic mass is 9.95. The molecule has 0 bridgehead atoms. The number of carbonyl (C=O) groups excluding carboxylic acids is 3. The Morgan fingerprint density at radius 1 is 1.21 bits per heavy atom. The molecule has 0 aliphatic carbocycles. The zero-order chi connectivity index (χ0) is 25.3. The van der Waals surface area contributed by atoms with Crippen LogP contribution in [0.2, 0.25) is 5.02 Å². The molecular weight excluding hydrogens is 460 g/mol. The number of hydrogen-bond donors (Lipinski definition) is 1. The van der Waals surface area contributed by atoms with Crippen molar-refractivity contribution in [3.63, 3.8) is 0 Å². The molecule has 0 spiro atoms. The molecule has 0 unspecified atom stereocenters. The van der Waals surface area contributed by atoms with Crippen LogP contribution in [0.25, 0.3) is 17.4 Å². The number of aliphatic hydroxyl groups excluding tert-OH is 1. The minimum atomic E-state index is -0.701. The summed E-state index contributed by atoms with van der Waals surface area (Å²) in [6.45, 7) is 5.83. The number of rotatable bonds is 7. The maximum atomic E-state index is 12.7. The third-order valence-electron chi connectivity index (χ3n) is 4.89. The molecule has 1 N–H and O–H groups in total. The SMILES string of the molecule is CC1=C(C#N)C(=O)N(CCO)C(=O)/C1=C\c1ccc(-c2ccc(Cl)c(C)c2)o1.CCCOC=O. The van der Waals surface area contributed by atoms with Gasteiger partial charge < -0.3 is 14.3 Å². The molecule has 0 atom stereocenters. The van der Waals surface area contributed by atoms with Crippen LogP contribution < -0.4 is 0 Å². The van der Waals surface area contributed by atoms with Gasteiger partial charge in [0.05, 0.1) is 19.8 Å². The molecule has 0 saturated heterocycles. The summed E-state index contributed by atoms with van der Waals surface area (Å²) in [6.07, 6.45) is 2.40. The maximum absolute atomic E-state index is 12.7. The monoisotopic (exact) mass is 484 g/mol. The van der Waals surface area contributed by atoms with E-state index in [4.69, 9.17) is 21.1 Å². The van der Waals surface area contributed by atoms with E-state index in [0.717, 1.165) is 22.4 Å². The predicted octanol–water partition coefficient (Wildman–Crippen LogP) is 4.06. The highest BCUT2D eigenvalue weighted by Gasteiger charge is 2.35. The number of nitrogens with zero attached hydrogens (tertiary/aromatic N) is 2. The van der Waals surface area contributed by atoms with Gasteiger partial charge >= 0.3 is 0 Å². The van der Waals surface area contributed by atoms with Crippen molar-refractivity contribution >= 4 is 36.0 Å². The van der Waals surface area contributed by atoms with Gasteiger partial charge in [0.1, 0.15) is 23.2 Å². The number of furan rings is 1. The van der Waals surface area contributed by atoms with Crippen LogP contribution in [0.4, 0.5) is 0 Å². The zero-order valence-electron chi connectivity index (χ0n) is 19.1. The van der Waals surface area contributed by atoms with Gasteiger partial charge in [0, 0.05) is 16.2 Å². The normalized spacial score (nSPS) is 14.6. The highest BCUT2D eigenvalue weighted by molar-refractivity contribution is 6.31. The summed E-state index contributed by atoms with van der Waals surface area (Å²) in [5.74, 6) is -0.273. The Bertz CT molecular complexity index is 1170. The summed E-state index contributed by atoms with van der Waals surface area (Å²) in [4.78, 5) is 35.2. The summed E-state index contributed by atoms with van der Waals surface area (Å²) < 4.78 is 10.1. The summed E-state index contributed by atoms with van der Waals surface area (Å²) in [5, 5.41) is 19.1. The lowest BCUT2D eigenvalue weighted by Crippen LogP contribution is -2.44. The third-order valence-corrected chi connectivity index (χ3v) is 5.32. The van der Waals surface area contributed by atoms with Crippen molar-refractivity contribution < 1.29 is 28.6 Å². The molecule has 1 aromatic heterocycles. The average Bonchev–Trinajstić information content (AvgIpc) is 3.29. The van der Waals surface area contributed by atoms with Crippen LogP contribution in [0.3, 0.4) is 0 Å². The van der Waals surface area contributed by atoms with E-state index in [1.807, 2.05) is 32.0 Å². The van der Waals surface area contributed by atoms with E-state index >= 15 is 0 Å². The molecule has 0 saturated carbocycles. The molecule has 1 aliphatic heterocycles. The number of carbonyl (C=O) groups is 3. The fourth-order valence-corrected chi connectivity index (χ4v) is 3.24. The van der Waals surface area contributed by atoms with E-state index in [2.05, 4.69) is 4.74 Å². The topological polar surface area (TPSA) is 121 Å². The Morgan fingerprint density at radius 3 is 2.50 bits per heavy atom. The molecule has 2 amide bonds. The summed E-state index contributed by atoms with van der Waals surface area (Å²) in [6, 6.07) is 10.8. The van der Waals surface area contributed by atoms with Crippen LogP contribution in [-0.4, -0.2) is 48.1 Å². The van der Waals surface area contributed by atoms with Crippen molar-refractivity contribution in [1.29, 1.82) is 5.26 Å². The van der Waals surface area contributed by atoms with Crippen molar-refractivity contribution in [1.82, 2.24) is 4.90 Å². The summed E-state index contributed by atoms with van der Waals surface area (Å²) >= 11 is 6.05. The van der Waals surface area contributed by atoms with Gasteiger partial charge in [-0.1, -0.05) is 18.5 Å². The van der Waals surface area contributed by atoms with E-state index in [1.165, 1.54) is 6.08 Å². The van der Waals surface area contributed by atoms with Gasteiger partial charge in [-0.3, -0.25) is 19.3 Å². The minimum Gasteiger partial charge on any atom is -0.468 e. The van der Waals surface area contributed by atoms with Gasteiger partial charge in [-0.15, -0.1) is 0 Å². The number of hydrogen-bond acceptors (Lipinski definition) is 7. The second kappa shape index (κ2) is 12.5. The molecule has 2 heterocycles. The first kappa shape index (κ1) is 26.6. The van der Waals surface area contributed by atoms with Crippen LogP contribution in [0.1, 0.15) is 31.6 Å². The van der Waals surface area contributed by atoms with Gasteiger partial charge in [0.2, 0.25) is 0 Å². The van der Waals surface area contributed by atoms with Crippen LogP contribution in [-0.2, 0) is 19.1 Å². The zero-order valence-corrected chi connectivity index (χ0v) is 19.9. The van der Waals surface area contributed by atoms with E-state index in [-0.39, 0.29) is 29.9 Å². The van der Waals surface area contributed by atoms with Crippen LogP contribution in [0.15, 0.2) is 51.5 Å². The fraction of sp³-hybridized carbons (Fsp3) is 0.280. The molecule has 178 valence electrons. The molecule has 8 nitrogen and oxygen atoms in total. The lowest BCUT2D eigenvalue weighted by Gasteiger charge is -2.26. The lowest BCUT2D eigenvalue weighted by molar-refractivity contribution is -0.141. The fourth-order valence-electron chi connectivity index (χ4n) is 3.12. The molecule has 1 aliphatic rings. The second-order valence-electron chi connectivity index (χ2n) is 7.29. The van der Waals surface area contributed by atoms with Crippen LogP contribution in [0, 0.1) is 18.3 Å². The summed E-state index contributed by atoms with van der Waals surface area (Å²) in [5.41, 5.74) is 2.08. The highest BCUT2D eigenvalue weighted by Crippen LogP contribution is 2.30. The Labute approximate surface area is 202 Å². The smallest absolute Gasteiger partial charge is 0.293 e.